The van der Waals surface area contributed by atoms with E-state index in [0.717, 1.165) is 44.4 Å². The Bertz CT molecular complexity index is 2450. The van der Waals surface area contributed by atoms with Crippen molar-refractivity contribution in [2.24, 2.45) is 0 Å². The zero-order valence-corrected chi connectivity index (χ0v) is 26.1. The molecule has 5 nitrogen and oxygen atoms in total. The van der Waals surface area contributed by atoms with E-state index in [1.807, 2.05) is 66.7 Å². The van der Waals surface area contributed by atoms with Crippen LogP contribution in [0.3, 0.4) is 0 Å². The second-order valence-corrected chi connectivity index (χ2v) is 12.5. The van der Waals surface area contributed by atoms with E-state index < -0.39 is 0 Å². The van der Waals surface area contributed by atoms with Gasteiger partial charge in [-0.05, 0) is 59.2 Å². The summed E-state index contributed by atoms with van der Waals surface area (Å²) in [4.78, 5) is 17.7. The summed E-state index contributed by atoms with van der Waals surface area (Å²) in [6.45, 7) is 4.61. The van der Waals surface area contributed by atoms with E-state index in [0.29, 0.717) is 17.6 Å². The first-order valence-electron chi connectivity index (χ1n) is 15.9. The van der Waals surface area contributed by atoms with Gasteiger partial charge in [0.25, 0.3) is 0 Å². The molecule has 0 atom stereocenters. The molecule has 8 aromatic rings. The van der Waals surface area contributed by atoms with Gasteiger partial charge in [0.15, 0.2) is 11.6 Å². The molecule has 0 saturated heterocycles. The van der Waals surface area contributed by atoms with Crippen molar-refractivity contribution in [2.45, 2.75) is 19.3 Å². The predicted molar refractivity (Wildman–Crippen MR) is 190 cm³/mol. The van der Waals surface area contributed by atoms with Crippen LogP contribution in [0.5, 0.6) is 0 Å². The molecular weight excluding hydrogens is 576 g/mol. The molecule has 5 heteroatoms. The number of hydrogen-bond acceptors (Lipinski definition) is 5. The molecule has 6 aromatic carbocycles. The van der Waals surface area contributed by atoms with Crippen molar-refractivity contribution >= 4 is 39.3 Å². The third-order valence-corrected chi connectivity index (χ3v) is 9.33. The molecule has 47 heavy (non-hydrogen) atoms. The fourth-order valence-corrected chi connectivity index (χ4v) is 7.04. The van der Waals surface area contributed by atoms with Crippen LogP contribution in [0.1, 0.15) is 25.0 Å². The second-order valence-electron chi connectivity index (χ2n) is 12.5. The zero-order chi connectivity index (χ0) is 31.5. The first-order chi connectivity index (χ1) is 23.1. The van der Waals surface area contributed by atoms with Crippen molar-refractivity contribution in [3.05, 3.63) is 157 Å². The van der Waals surface area contributed by atoms with Gasteiger partial charge in [0.1, 0.15) is 11.2 Å². The van der Waals surface area contributed by atoms with Gasteiger partial charge in [-0.2, -0.15) is 9.97 Å². The Kier molecular flexibility index (Phi) is 6.09. The Labute approximate surface area is 272 Å². The van der Waals surface area contributed by atoms with Gasteiger partial charge >= 0.3 is 0 Å². The lowest BCUT2D eigenvalue weighted by Gasteiger charge is -2.27. The van der Waals surface area contributed by atoms with Gasteiger partial charge < -0.3 is 4.42 Å². The number of aromatic nitrogens is 3. The number of nitrogens with zero attached hydrogens (tertiary/aromatic N) is 4. The van der Waals surface area contributed by atoms with Crippen LogP contribution in [0.4, 0.5) is 17.3 Å². The number of benzene rings is 6. The molecule has 0 aliphatic heterocycles. The number of para-hydroxylation sites is 2. The van der Waals surface area contributed by atoms with Crippen molar-refractivity contribution in [1.82, 2.24) is 15.0 Å². The maximum Gasteiger partial charge on any atom is 0.238 e. The minimum absolute atomic E-state index is 0.146. The molecule has 0 spiro atoms. The third kappa shape index (κ3) is 4.35. The summed E-state index contributed by atoms with van der Waals surface area (Å²) in [7, 11) is 0. The summed E-state index contributed by atoms with van der Waals surface area (Å²) in [5.41, 5.74) is 10.4. The van der Waals surface area contributed by atoms with Gasteiger partial charge in [0.2, 0.25) is 5.95 Å². The van der Waals surface area contributed by atoms with Crippen LogP contribution in [0.15, 0.2) is 150 Å². The predicted octanol–water partition coefficient (Wildman–Crippen LogP) is 10.9. The van der Waals surface area contributed by atoms with Crippen molar-refractivity contribution in [3.8, 4) is 33.9 Å². The highest BCUT2D eigenvalue weighted by molar-refractivity contribution is 6.06. The summed E-state index contributed by atoms with van der Waals surface area (Å²) < 4.78 is 6.14. The number of rotatable bonds is 5. The quantitative estimate of drug-likeness (QED) is 0.195. The maximum atomic E-state index is 6.14. The lowest BCUT2D eigenvalue weighted by atomic mass is 9.82. The molecule has 9 rings (SSSR count). The average Bonchev–Trinajstić information content (AvgIpc) is 3.61. The molecule has 0 bridgehead atoms. The maximum absolute atomic E-state index is 6.14. The van der Waals surface area contributed by atoms with E-state index in [-0.39, 0.29) is 5.41 Å². The van der Waals surface area contributed by atoms with Crippen LogP contribution < -0.4 is 4.90 Å². The van der Waals surface area contributed by atoms with Crippen molar-refractivity contribution in [3.63, 3.8) is 0 Å². The Morgan fingerprint density at radius 2 is 1.19 bits per heavy atom. The summed E-state index contributed by atoms with van der Waals surface area (Å²) in [6, 6.07) is 50.1. The van der Waals surface area contributed by atoms with Crippen LogP contribution in [0, 0.1) is 0 Å². The molecular formula is C42H30N4O. The first-order valence-corrected chi connectivity index (χ1v) is 15.9. The van der Waals surface area contributed by atoms with Gasteiger partial charge in [-0.25, -0.2) is 4.98 Å². The van der Waals surface area contributed by atoms with Crippen LogP contribution >= 0.6 is 0 Å². The van der Waals surface area contributed by atoms with Crippen LogP contribution in [-0.2, 0) is 5.41 Å². The number of hydrogen-bond donors (Lipinski definition) is 0. The molecule has 0 unspecified atom stereocenters. The molecule has 0 amide bonds. The van der Waals surface area contributed by atoms with E-state index in [1.54, 1.807) is 0 Å². The smallest absolute Gasteiger partial charge is 0.238 e. The fourth-order valence-electron chi connectivity index (χ4n) is 7.04. The third-order valence-electron chi connectivity index (χ3n) is 9.33. The lowest BCUT2D eigenvalue weighted by molar-refractivity contribution is 0.660. The van der Waals surface area contributed by atoms with Crippen molar-refractivity contribution in [1.29, 1.82) is 0 Å². The summed E-state index contributed by atoms with van der Waals surface area (Å²) in [5.74, 6) is 1.75. The fraction of sp³-hybridized carbons (Fsp3) is 0.0714. The van der Waals surface area contributed by atoms with E-state index >= 15 is 0 Å². The summed E-state index contributed by atoms with van der Waals surface area (Å²) in [6.07, 6.45) is 0. The molecule has 0 saturated carbocycles. The Morgan fingerprint density at radius 1 is 0.532 bits per heavy atom. The SMILES string of the molecule is CC1(C)c2ccccc2-c2c(N(c3ccccc3)c3nc(-c4ccccc4)nc(-c4ccc5oc6ccccc6c5c4)n3)cccc21. The molecule has 2 aromatic heterocycles. The minimum Gasteiger partial charge on any atom is -0.456 e. The van der Waals surface area contributed by atoms with E-state index in [9.17, 15) is 0 Å². The lowest BCUT2D eigenvalue weighted by Crippen LogP contribution is -2.17. The Hall–Kier alpha value is -6.07. The van der Waals surface area contributed by atoms with E-state index in [1.165, 1.54) is 22.3 Å². The van der Waals surface area contributed by atoms with Crippen molar-refractivity contribution < 1.29 is 4.42 Å². The molecule has 0 N–H and O–H groups in total. The summed E-state index contributed by atoms with van der Waals surface area (Å²) >= 11 is 0. The standard InChI is InChI=1S/C42H30N4O/c1-42(2)33-20-11-9-19-31(33)38-34(42)21-13-22-35(38)46(29-16-7-4-8-17-29)41-44-39(27-14-5-3-6-15-27)43-40(45-41)28-24-25-37-32(26-28)30-18-10-12-23-36(30)47-37/h3-26H,1-2H3. The largest absolute Gasteiger partial charge is 0.456 e. The number of furan rings is 1. The van der Waals surface area contributed by atoms with Crippen LogP contribution in [0.25, 0.3) is 55.8 Å². The van der Waals surface area contributed by atoms with E-state index in [4.69, 9.17) is 19.4 Å². The molecule has 0 fully saturated rings. The monoisotopic (exact) mass is 606 g/mol. The van der Waals surface area contributed by atoms with Gasteiger partial charge in [-0.15, -0.1) is 0 Å². The highest BCUT2D eigenvalue weighted by Crippen LogP contribution is 2.53. The normalized spacial score (nSPS) is 13.1. The van der Waals surface area contributed by atoms with Crippen LogP contribution in [0.2, 0.25) is 0 Å². The topological polar surface area (TPSA) is 55.1 Å². The van der Waals surface area contributed by atoms with Gasteiger partial charge in [0, 0.05) is 38.6 Å². The minimum atomic E-state index is -0.146. The van der Waals surface area contributed by atoms with Crippen molar-refractivity contribution in [2.75, 3.05) is 4.90 Å². The Balaban J connectivity index is 1.31. The molecule has 1 aliphatic rings. The van der Waals surface area contributed by atoms with Gasteiger partial charge in [-0.3, -0.25) is 4.90 Å². The van der Waals surface area contributed by atoms with Gasteiger partial charge in [0.05, 0.1) is 5.69 Å². The zero-order valence-electron chi connectivity index (χ0n) is 26.1. The second kappa shape index (κ2) is 10.5. The molecule has 2 heterocycles. The highest BCUT2D eigenvalue weighted by Gasteiger charge is 2.38. The highest BCUT2D eigenvalue weighted by atomic mass is 16.3. The van der Waals surface area contributed by atoms with Crippen LogP contribution in [-0.4, -0.2) is 15.0 Å². The Morgan fingerprint density at radius 3 is 2.02 bits per heavy atom. The van der Waals surface area contributed by atoms with Gasteiger partial charge in [-0.1, -0.05) is 117 Å². The number of fused-ring (bicyclic) bond motifs is 6. The summed E-state index contributed by atoms with van der Waals surface area (Å²) in [5, 5.41) is 2.09. The number of anilines is 3. The molecule has 224 valence electrons. The van der Waals surface area contributed by atoms with E-state index in [2.05, 4.69) is 97.6 Å². The molecule has 0 radical (unpaired) electrons. The molecule has 1 aliphatic carbocycles. The average molecular weight is 607 g/mol. The first kappa shape index (κ1) is 27.3.